The molecule has 0 unspecified atom stereocenters. The highest BCUT2D eigenvalue weighted by Crippen LogP contribution is 2.15. The molecule has 0 aliphatic rings. The van der Waals surface area contributed by atoms with Gasteiger partial charge in [-0.15, -0.1) is 0 Å². The highest BCUT2D eigenvalue weighted by atomic mass is 19.1. The van der Waals surface area contributed by atoms with Gasteiger partial charge in [-0.3, -0.25) is 9.88 Å². The Morgan fingerprint density at radius 1 is 1.14 bits per heavy atom. The number of aromatic nitrogens is 3. The van der Waals surface area contributed by atoms with Crippen LogP contribution in [-0.4, -0.2) is 27.1 Å². The van der Waals surface area contributed by atoms with E-state index < -0.39 is 0 Å². The maximum absolute atomic E-state index is 13.6. The first-order valence-electron chi connectivity index (χ1n) is 6.87. The summed E-state index contributed by atoms with van der Waals surface area (Å²) in [6.45, 7) is 0.916. The van der Waals surface area contributed by atoms with Gasteiger partial charge < -0.3 is 4.52 Å². The van der Waals surface area contributed by atoms with Crippen LogP contribution in [0, 0.1) is 5.82 Å². The van der Waals surface area contributed by atoms with Gasteiger partial charge in [0, 0.05) is 30.1 Å². The molecule has 0 N–H and O–H groups in total. The number of nitrogens with zero attached hydrogens (tertiary/aromatic N) is 4. The van der Waals surface area contributed by atoms with Gasteiger partial charge in [0.05, 0.1) is 6.54 Å². The minimum absolute atomic E-state index is 0.212. The lowest BCUT2D eigenvalue weighted by atomic mass is 10.2. The quantitative estimate of drug-likeness (QED) is 0.725. The first-order chi connectivity index (χ1) is 10.7. The molecule has 6 heteroatoms. The topological polar surface area (TPSA) is 55.1 Å². The van der Waals surface area contributed by atoms with Crippen LogP contribution in [0.4, 0.5) is 4.39 Å². The Bertz CT molecular complexity index is 745. The molecule has 2 aromatic heterocycles. The SMILES string of the molecule is CN(Cc1nc(-c2cccnc2)no1)Cc1ccccc1F. The lowest BCUT2D eigenvalue weighted by molar-refractivity contribution is 0.258. The number of halogens is 1. The molecule has 0 aliphatic carbocycles. The predicted octanol–water partition coefficient (Wildman–Crippen LogP) is 2.90. The Morgan fingerprint density at radius 3 is 2.77 bits per heavy atom. The molecular weight excluding hydrogens is 283 g/mol. The lowest BCUT2D eigenvalue weighted by Crippen LogP contribution is -2.18. The van der Waals surface area contributed by atoms with Crippen LogP contribution in [0.3, 0.4) is 0 Å². The third-order valence-electron chi connectivity index (χ3n) is 3.19. The minimum Gasteiger partial charge on any atom is -0.338 e. The van der Waals surface area contributed by atoms with Gasteiger partial charge in [-0.2, -0.15) is 4.98 Å². The maximum atomic E-state index is 13.6. The monoisotopic (exact) mass is 298 g/mol. The highest BCUT2D eigenvalue weighted by Gasteiger charge is 2.12. The Balaban J connectivity index is 1.66. The second-order valence-electron chi connectivity index (χ2n) is 5.02. The maximum Gasteiger partial charge on any atom is 0.241 e. The molecule has 0 saturated heterocycles. The van der Waals surface area contributed by atoms with Crippen molar-refractivity contribution in [2.45, 2.75) is 13.1 Å². The van der Waals surface area contributed by atoms with Crippen LogP contribution in [0.25, 0.3) is 11.4 Å². The molecular formula is C16H15FN4O. The summed E-state index contributed by atoms with van der Waals surface area (Å²) in [5.74, 6) is 0.774. The average Bonchev–Trinajstić information content (AvgIpc) is 2.99. The number of hydrogen-bond donors (Lipinski definition) is 0. The van der Waals surface area contributed by atoms with Crippen molar-refractivity contribution >= 4 is 0 Å². The zero-order valence-corrected chi connectivity index (χ0v) is 12.1. The zero-order valence-electron chi connectivity index (χ0n) is 12.1. The number of pyridine rings is 1. The normalized spacial score (nSPS) is 11.0. The number of rotatable bonds is 5. The molecule has 0 bridgehead atoms. The van der Waals surface area contributed by atoms with E-state index in [1.165, 1.54) is 6.07 Å². The Kier molecular flexibility index (Phi) is 4.20. The van der Waals surface area contributed by atoms with Crippen molar-refractivity contribution in [3.63, 3.8) is 0 Å². The molecule has 0 atom stereocenters. The van der Waals surface area contributed by atoms with E-state index in [9.17, 15) is 4.39 Å². The average molecular weight is 298 g/mol. The molecule has 1 aromatic carbocycles. The van der Waals surface area contributed by atoms with Gasteiger partial charge in [0.25, 0.3) is 0 Å². The van der Waals surface area contributed by atoms with Crippen molar-refractivity contribution < 1.29 is 8.91 Å². The van der Waals surface area contributed by atoms with Gasteiger partial charge >= 0.3 is 0 Å². The van der Waals surface area contributed by atoms with Gasteiger partial charge in [-0.25, -0.2) is 4.39 Å². The highest BCUT2D eigenvalue weighted by molar-refractivity contribution is 5.51. The largest absolute Gasteiger partial charge is 0.338 e. The summed E-state index contributed by atoms with van der Waals surface area (Å²) in [6, 6.07) is 10.4. The van der Waals surface area contributed by atoms with Gasteiger partial charge in [0.15, 0.2) is 0 Å². The second kappa shape index (κ2) is 6.44. The molecule has 112 valence electrons. The van der Waals surface area contributed by atoms with Gasteiger partial charge in [0.1, 0.15) is 5.82 Å². The molecule has 3 rings (SSSR count). The summed E-state index contributed by atoms with van der Waals surface area (Å²) in [6.07, 6.45) is 3.37. The van der Waals surface area contributed by atoms with Crippen LogP contribution < -0.4 is 0 Å². The molecule has 0 fully saturated rings. The summed E-state index contributed by atoms with van der Waals surface area (Å²) >= 11 is 0. The van der Waals surface area contributed by atoms with Gasteiger partial charge in [0.2, 0.25) is 11.7 Å². The first kappa shape index (κ1) is 14.3. The molecule has 2 heterocycles. The molecule has 0 aliphatic heterocycles. The Hall–Kier alpha value is -2.60. The summed E-state index contributed by atoms with van der Waals surface area (Å²) in [7, 11) is 1.88. The Morgan fingerprint density at radius 2 is 2.00 bits per heavy atom. The summed E-state index contributed by atoms with van der Waals surface area (Å²) in [5, 5.41) is 3.94. The van der Waals surface area contributed by atoms with E-state index in [1.807, 2.05) is 30.1 Å². The molecule has 5 nitrogen and oxygen atoms in total. The molecule has 3 aromatic rings. The Labute approximate surface area is 127 Å². The van der Waals surface area contributed by atoms with E-state index in [4.69, 9.17) is 4.52 Å². The number of hydrogen-bond acceptors (Lipinski definition) is 5. The van der Waals surface area contributed by atoms with Crippen LogP contribution in [0.1, 0.15) is 11.5 Å². The van der Waals surface area contributed by atoms with Crippen LogP contribution in [0.15, 0.2) is 53.3 Å². The third-order valence-corrected chi connectivity index (χ3v) is 3.19. The van der Waals surface area contributed by atoms with Crippen LogP contribution in [-0.2, 0) is 13.1 Å². The van der Waals surface area contributed by atoms with E-state index >= 15 is 0 Å². The number of benzene rings is 1. The van der Waals surface area contributed by atoms with Crippen LogP contribution in [0.2, 0.25) is 0 Å². The van der Waals surface area contributed by atoms with Crippen LogP contribution in [0.5, 0.6) is 0 Å². The predicted molar refractivity (Wildman–Crippen MR) is 79.1 cm³/mol. The molecule has 0 amide bonds. The van der Waals surface area contributed by atoms with Crippen molar-refractivity contribution in [1.29, 1.82) is 0 Å². The fraction of sp³-hybridized carbons (Fsp3) is 0.188. The van der Waals surface area contributed by atoms with E-state index in [0.717, 1.165) is 5.56 Å². The van der Waals surface area contributed by atoms with Crippen molar-refractivity contribution in [2.75, 3.05) is 7.05 Å². The van der Waals surface area contributed by atoms with Crippen molar-refractivity contribution in [1.82, 2.24) is 20.0 Å². The van der Waals surface area contributed by atoms with Crippen molar-refractivity contribution in [3.8, 4) is 11.4 Å². The van der Waals surface area contributed by atoms with Crippen molar-refractivity contribution in [2.24, 2.45) is 0 Å². The van der Waals surface area contributed by atoms with E-state index in [1.54, 1.807) is 24.5 Å². The summed E-state index contributed by atoms with van der Waals surface area (Å²) in [5.41, 5.74) is 1.44. The van der Waals surface area contributed by atoms with Crippen molar-refractivity contribution in [3.05, 3.63) is 66.1 Å². The smallest absolute Gasteiger partial charge is 0.241 e. The van der Waals surface area contributed by atoms with Gasteiger partial charge in [-0.05, 0) is 25.2 Å². The molecule has 22 heavy (non-hydrogen) atoms. The fourth-order valence-electron chi connectivity index (χ4n) is 2.14. The summed E-state index contributed by atoms with van der Waals surface area (Å²) in [4.78, 5) is 10.3. The molecule has 0 radical (unpaired) electrons. The third kappa shape index (κ3) is 3.35. The summed E-state index contributed by atoms with van der Waals surface area (Å²) < 4.78 is 18.9. The van der Waals surface area contributed by atoms with E-state index in [-0.39, 0.29) is 5.82 Å². The first-order valence-corrected chi connectivity index (χ1v) is 6.87. The molecule has 0 spiro atoms. The van der Waals surface area contributed by atoms with Gasteiger partial charge in [-0.1, -0.05) is 23.4 Å². The van der Waals surface area contributed by atoms with Crippen LogP contribution >= 0.6 is 0 Å². The minimum atomic E-state index is -0.212. The zero-order chi connectivity index (χ0) is 15.4. The lowest BCUT2D eigenvalue weighted by Gasteiger charge is -2.14. The standard InChI is InChI=1S/C16H15FN4O/c1-21(10-13-5-2-3-7-14(13)17)11-15-19-16(20-22-15)12-6-4-8-18-9-12/h2-9H,10-11H2,1H3. The molecule has 0 saturated carbocycles. The second-order valence-corrected chi connectivity index (χ2v) is 5.02. The fourth-order valence-corrected chi connectivity index (χ4v) is 2.14. The van der Waals surface area contributed by atoms with E-state index in [0.29, 0.717) is 30.4 Å². The van der Waals surface area contributed by atoms with E-state index in [2.05, 4.69) is 15.1 Å².